The summed E-state index contributed by atoms with van der Waals surface area (Å²) in [6.07, 6.45) is 1.99. The number of hydrogen-bond donors (Lipinski definition) is 1. The molecule has 0 spiro atoms. The average Bonchev–Trinajstić information content (AvgIpc) is 3.17. The predicted octanol–water partition coefficient (Wildman–Crippen LogP) is 5.33. The molecule has 10 nitrogen and oxygen atoms in total. The molecule has 5 rings (SSSR count). The van der Waals surface area contributed by atoms with Crippen molar-refractivity contribution in [3.8, 4) is 5.82 Å². The Morgan fingerprint density at radius 1 is 1.05 bits per heavy atom. The number of nitrogens with one attached hydrogen (secondary N) is 1. The Morgan fingerprint density at radius 3 is 2.52 bits per heavy atom. The van der Waals surface area contributed by atoms with Crippen LogP contribution < -0.4 is 10.9 Å². The Bertz CT molecular complexity index is 1640. The van der Waals surface area contributed by atoms with Gasteiger partial charge in [-0.05, 0) is 69.5 Å². The van der Waals surface area contributed by atoms with Gasteiger partial charge in [-0.1, -0.05) is 32.9 Å². The number of anilines is 2. The summed E-state index contributed by atoms with van der Waals surface area (Å²) in [7, 11) is 0. The Hall–Kier alpha value is -4.21. The van der Waals surface area contributed by atoms with Gasteiger partial charge in [0.1, 0.15) is 11.0 Å². The number of amides is 1. The van der Waals surface area contributed by atoms with Gasteiger partial charge in [0.2, 0.25) is 5.95 Å². The van der Waals surface area contributed by atoms with E-state index in [9.17, 15) is 9.59 Å². The zero-order chi connectivity index (χ0) is 28.8. The lowest BCUT2D eigenvalue weighted by Gasteiger charge is -2.31. The van der Waals surface area contributed by atoms with Crippen LogP contribution in [0.3, 0.4) is 0 Å². The van der Waals surface area contributed by atoms with E-state index in [0.29, 0.717) is 42.4 Å². The molecule has 0 saturated heterocycles. The van der Waals surface area contributed by atoms with E-state index in [-0.39, 0.29) is 17.1 Å². The molecule has 0 radical (unpaired) electrons. The van der Waals surface area contributed by atoms with Crippen LogP contribution in [0, 0.1) is 0 Å². The molecule has 1 aromatic carbocycles. The highest BCUT2D eigenvalue weighted by atomic mass is 16.6. The molecule has 0 fully saturated rings. The summed E-state index contributed by atoms with van der Waals surface area (Å²) >= 11 is 0. The standard InChI is InChI=1S/C30H37N7O3/c1-8-36-26(38)22-17-31-27(34-25(22)37(36)24-11-9-10-23(33-24)29(2,3)4)32-21-13-12-20-18-35(15-14-19(20)16-21)28(39)40-30(5,6)7/h9-13,16-17H,8,14-15,18H2,1-7H3,(H,31,32,34). The minimum Gasteiger partial charge on any atom is -0.444 e. The van der Waals surface area contributed by atoms with Crippen LogP contribution in [0.25, 0.3) is 16.9 Å². The van der Waals surface area contributed by atoms with Gasteiger partial charge in [0.05, 0.1) is 0 Å². The van der Waals surface area contributed by atoms with Crippen molar-refractivity contribution in [2.75, 3.05) is 11.9 Å². The SMILES string of the molecule is CCn1c(=O)c2cnc(Nc3ccc4c(c3)CCN(C(=O)OC(C)(C)C)C4)nc2n1-c1cccc(C(C)(C)C)n1. The van der Waals surface area contributed by atoms with E-state index in [1.165, 1.54) is 0 Å². The highest BCUT2D eigenvalue weighted by Crippen LogP contribution is 2.26. The Morgan fingerprint density at radius 2 is 1.82 bits per heavy atom. The summed E-state index contributed by atoms with van der Waals surface area (Å²) in [6.45, 7) is 15.4. The predicted molar refractivity (Wildman–Crippen MR) is 155 cm³/mol. The van der Waals surface area contributed by atoms with Gasteiger partial charge in [0, 0.05) is 42.6 Å². The van der Waals surface area contributed by atoms with Gasteiger partial charge in [0.15, 0.2) is 11.5 Å². The van der Waals surface area contributed by atoms with Gasteiger partial charge in [-0.2, -0.15) is 4.98 Å². The quantitative estimate of drug-likeness (QED) is 0.371. The molecule has 1 amide bonds. The first kappa shape index (κ1) is 27.4. The number of rotatable bonds is 4. The largest absolute Gasteiger partial charge is 0.444 e. The molecule has 0 unspecified atom stereocenters. The first-order valence-electron chi connectivity index (χ1n) is 13.7. The topological polar surface area (TPSA) is 107 Å². The van der Waals surface area contributed by atoms with E-state index in [4.69, 9.17) is 14.7 Å². The minimum absolute atomic E-state index is 0.144. The second-order valence-electron chi connectivity index (χ2n) is 12.2. The van der Waals surface area contributed by atoms with Crippen molar-refractivity contribution < 1.29 is 9.53 Å². The molecular weight excluding hydrogens is 506 g/mol. The van der Waals surface area contributed by atoms with Gasteiger partial charge in [-0.3, -0.25) is 4.79 Å². The van der Waals surface area contributed by atoms with Crippen LogP contribution in [-0.4, -0.2) is 47.5 Å². The van der Waals surface area contributed by atoms with Crippen molar-refractivity contribution in [1.82, 2.24) is 29.2 Å². The average molecular weight is 544 g/mol. The van der Waals surface area contributed by atoms with Crippen molar-refractivity contribution in [2.24, 2.45) is 0 Å². The Kier molecular flexibility index (Phi) is 6.89. The molecule has 1 aliphatic heterocycles. The molecule has 0 bridgehead atoms. The minimum atomic E-state index is -0.527. The normalized spacial score (nSPS) is 13.8. The van der Waals surface area contributed by atoms with E-state index in [2.05, 4.69) is 37.1 Å². The number of carbonyl (C=O) groups is 1. The van der Waals surface area contributed by atoms with Crippen molar-refractivity contribution >= 4 is 28.8 Å². The number of carbonyl (C=O) groups excluding carboxylic acids is 1. The Labute approximate surface area is 234 Å². The molecule has 4 aromatic rings. The highest BCUT2D eigenvalue weighted by molar-refractivity contribution is 5.77. The molecule has 4 heterocycles. The van der Waals surface area contributed by atoms with Gasteiger partial charge < -0.3 is 15.0 Å². The number of hydrogen-bond acceptors (Lipinski definition) is 7. The maximum atomic E-state index is 13.2. The van der Waals surface area contributed by atoms with E-state index >= 15 is 0 Å². The summed E-state index contributed by atoms with van der Waals surface area (Å²) in [5, 5.41) is 3.73. The van der Waals surface area contributed by atoms with Crippen molar-refractivity contribution in [2.45, 2.75) is 79.0 Å². The zero-order valence-corrected chi connectivity index (χ0v) is 24.3. The molecule has 1 N–H and O–H groups in total. The molecule has 210 valence electrons. The third-order valence-corrected chi connectivity index (χ3v) is 6.82. The fraction of sp³-hybridized carbons (Fsp3) is 0.433. The Balaban J connectivity index is 1.45. The molecule has 0 atom stereocenters. The highest BCUT2D eigenvalue weighted by Gasteiger charge is 2.26. The summed E-state index contributed by atoms with van der Waals surface area (Å²) in [5.41, 5.74) is 3.66. The maximum absolute atomic E-state index is 13.2. The van der Waals surface area contributed by atoms with Crippen LogP contribution in [0.4, 0.5) is 16.4 Å². The van der Waals surface area contributed by atoms with Crippen molar-refractivity contribution in [3.63, 3.8) is 0 Å². The molecule has 0 saturated carbocycles. The van der Waals surface area contributed by atoms with Gasteiger partial charge >= 0.3 is 6.09 Å². The van der Waals surface area contributed by atoms with Gasteiger partial charge in [-0.15, -0.1) is 0 Å². The summed E-state index contributed by atoms with van der Waals surface area (Å²) < 4.78 is 8.95. The van der Waals surface area contributed by atoms with Crippen LogP contribution in [0.15, 0.2) is 47.4 Å². The number of pyridine rings is 1. The van der Waals surface area contributed by atoms with Crippen molar-refractivity contribution in [3.05, 3.63) is 69.8 Å². The smallest absolute Gasteiger partial charge is 0.410 e. The van der Waals surface area contributed by atoms with Crippen LogP contribution >= 0.6 is 0 Å². The van der Waals surface area contributed by atoms with E-state index in [1.54, 1.807) is 20.5 Å². The molecule has 1 aliphatic rings. The second-order valence-corrected chi connectivity index (χ2v) is 12.2. The summed E-state index contributed by atoms with van der Waals surface area (Å²) in [6, 6.07) is 11.9. The third-order valence-electron chi connectivity index (χ3n) is 6.82. The number of fused-ring (bicyclic) bond motifs is 2. The monoisotopic (exact) mass is 543 g/mol. The van der Waals surface area contributed by atoms with Crippen LogP contribution in [-0.2, 0) is 29.7 Å². The lowest BCUT2D eigenvalue weighted by Crippen LogP contribution is -2.39. The van der Waals surface area contributed by atoms with Gasteiger partial charge in [0.25, 0.3) is 5.56 Å². The summed E-state index contributed by atoms with van der Waals surface area (Å²) in [5.74, 6) is 1.02. The summed E-state index contributed by atoms with van der Waals surface area (Å²) in [4.78, 5) is 41.5. The number of ether oxygens (including phenoxy) is 1. The molecular formula is C30H37N7O3. The number of nitrogens with zero attached hydrogens (tertiary/aromatic N) is 6. The van der Waals surface area contributed by atoms with E-state index in [1.807, 2.05) is 58.0 Å². The van der Waals surface area contributed by atoms with Crippen LogP contribution in [0.5, 0.6) is 0 Å². The second kappa shape index (κ2) is 10.1. The number of benzene rings is 1. The van der Waals surface area contributed by atoms with Gasteiger partial charge in [-0.25, -0.2) is 24.1 Å². The molecule has 0 aliphatic carbocycles. The maximum Gasteiger partial charge on any atom is 0.410 e. The molecule has 10 heteroatoms. The van der Waals surface area contributed by atoms with E-state index < -0.39 is 5.60 Å². The van der Waals surface area contributed by atoms with E-state index in [0.717, 1.165) is 28.9 Å². The molecule has 40 heavy (non-hydrogen) atoms. The first-order chi connectivity index (χ1) is 18.8. The fourth-order valence-corrected chi connectivity index (χ4v) is 4.81. The lowest BCUT2D eigenvalue weighted by atomic mass is 9.92. The number of aromatic nitrogens is 5. The van der Waals surface area contributed by atoms with Crippen LogP contribution in [0.2, 0.25) is 0 Å². The van der Waals surface area contributed by atoms with Crippen molar-refractivity contribution in [1.29, 1.82) is 0 Å². The first-order valence-corrected chi connectivity index (χ1v) is 13.7. The van der Waals surface area contributed by atoms with Crippen LogP contribution in [0.1, 0.15) is 65.3 Å². The molecule has 3 aromatic heterocycles. The zero-order valence-electron chi connectivity index (χ0n) is 24.3. The fourth-order valence-electron chi connectivity index (χ4n) is 4.81. The third kappa shape index (κ3) is 5.43. The lowest BCUT2D eigenvalue weighted by molar-refractivity contribution is 0.0224.